The maximum absolute atomic E-state index is 2.18. The van der Waals surface area contributed by atoms with Crippen molar-refractivity contribution in [3.05, 3.63) is 0 Å². The smallest absolute Gasteiger partial charge is 0.870 e. The summed E-state index contributed by atoms with van der Waals surface area (Å²) in [7, 11) is 0. The van der Waals surface area contributed by atoms with Crippen LogP contribution in [0.1, 0.15) is 26.7 Å². The molecule has 0 saturated heterocycles. The van der Waals surface area contributed by atoms with Gasteiger partial charge in [0.15, 0.2) is 0 Å². The summed E-state index contributed by atoms with van der Waals surface area (Å²) in [6.07, 6.45) is 2.64. The fraction of sp³-hybridized carbons (Fsp3) is 1.00. The Kier molecular flexibility index (Phi) is 121. The van der Waals surface area contributed by atoms with Crippen molar-refractivity contribution in [3.8, 4) is 0 Å². The Bertz CT molecular complexity index is 11.7. The average Bonchev–Trinajstić information content (AvgIpc) is 1.37. The fourth-order valence-corrected chi connectivity index (χ4v) is 0. The molecule has 7 heavy (non-hydrogen) atoms. The van der Waals surface area contributed by atoms with E-state index in [1.807, 2.05) is 0 Å². The Balaban J connectivity index is -0.0000000150. The van der Waals surface area contributed by atoms with E-state index >= 15 is 0 Å². The zero-order valence-electron chi connectivity index (χ0n) is 4.62. The molecule has 0 atom stereocenters. The van der Waals surface area contributed by atoms with Crippen molar-refractivity contribution >= 4 is 0 Å². The summed E-state index contributed by atoms with van der Waals surface area (Å²) < 4.78 is 0. The average molecular weight is 151 g/mol. The maximum Gasteiger partial charge on any atom is 2.00 e. The molecule has 0 bridgehead atoms. The third-order valence-corrected chi connectivity index (χ3v) is 0.500. The van der Waals surface area contributed by atoms with Crippen LogP contribution >= 0.6 is 0 Å². The van der Waals surface area contributed by atoms with Crippen LogP contribution in [-0.2, 0) is 16.5 Å². The van der Waals surface area contributed by atoms with Crippen molar-refractivity contribution in [3.63, 3.8) is 0 Å². The minimum Gasteiger partial charge on any atom is -0.870 e. The molecular formula is C4H12NiO2. The Labute approximate surface area is 54.8 Å². The van der Waals surface area contributed by atoms with E-state index in [0.717, 1.165) is 0 Å². The van der Waals surface area contributed by atoms with Gasteiger partial charge in [-0.15, -0.1) is 0 Å². The molecule has 0 unspecified atom stereocenters. The molecule has 0 aliphatic carbocycles. The third kappa shape index (κ3) is 62.5. The van der Waals surface area contributed by atoms with Gasteiger partial charge in [-0.2, -0.15) is 0 Å². The molecule has 0 radical (unpaired) electrons. The summed E-state index contributed by atoms with van der Waals surface area (Å²) in [6.45, 7) is 4.36. The summed E-state index contributed by atoms with van der Waals surface area (Å²) in [6, 6.07) is 0. The first kappa shape index (κ1) is 26.2. The largest absolute Gasteiger partial charge is 2.00 e. The van der Waals surface area contributed by atoms with Crippen molar-refractivity contribution in [1.82, 2.24) is 0 Å². The molecule has 0 amide bonds. The molecule has 0 aromatic rings. The molecule has 0 fully saturated rings. The predicted molar refractivity (Wildman–Crippen MR) is 24.5 cm³/mol. The number of hydrogen-bond acceptors (Lipinski definition) is 2. The van der Waals surface area contributed by atoms with Gasteiger partial charge in [-0.25, -0.2) is 0 Å². The Morgan fingerprint density at radius 3 is 1.00 bits per heavy atom. The summed E-state index contributed by atoms with van der Waals surface area (Å²) in [5.41, 5.74) is 0. The van der Waals surface area contributed by atoms with Crippen molar-refractivity contribution in [1.29, 1.82) is 0 Å². The molecular weight excluding hydrogens is 139 g/mol. The van der Waals surface area contributed by atoms with Gasteiger partial charge in [0.05, 0.1) is 0 Å². The van der Waals surface area contributed by atoms with Crippen LogP contribution in [0.5, 0.6) is 0 Å². The van der Waals surface area contributed by atoms with Crippen LogP contribution in [-0.4, -0.2) is 11.0 Å². The maximum atomic E-state index is 2.18. The van der Waals surface area contributed by atoms with E-state index in [2.05, 4.69) is 13.8 Å². The van der Waals surface area contributed by atoms with Gasteiger partial charge >= 0.3 is 16.5 Å². The van der Waals surface area contributed by atoms with Gasteiger partial charge in [0, 0.05) is 0 Å². The van der Waals surface area contributed by atoms with E-state index in [4.69, 9.17) is 0 Å². The van der Waals surface area contributed by atoms with Crippen LogP contribution in [0.25, 0.3) is 0 Å². The summed E-state index contributed by atoms with van der Waals surface area (Å²) >= 11 is 0. The first-order valence-corrected chi connectivity index (χ1v) is 1.91. The monoisotopic (exact) mass is 150 g/mol. The van der Waals surface area contributed by atoms with Gasteiger partial charge in [-0.05, 0) is 0 Å². The van der Waals surface area contributed by atoms with Gasteiger partial charge in [0.2, 0.25) is 0 Å². The Morgan fingerprint density at radius 2 is 1.00 bits per heavy atom. The molecule has 50 valence electrons. The van der Waals surface area contributed by atoms with Crippen molar-refractivity contribution < 1.29 is 27.4 Å². The molecule has 0 saturated carbocycles. The SMILES string of the molecule is CCCC.[Ni+2].[OH-].[OH-]. The van der Waals surface area contributed by atoms with Gasteiger partial charge < -0.3 is 11.0 Å². The second-order valence-corrected chi connectivity index (χ2v) is 1.000. The summed E-state index contributed by atoms with van der Waals surface area (Å²) in [5, 5.41) is 0. The quantitative estimate of drug-likeness (QED) is 0.532. The molecule has 0 heterocycles. The van der Waals surface area contributed by atoms with Gasteiger partial charge in [0.1, 0.15) is 0 Å². The van der Waals surface area contributed by atoms with Crippen LogP contribution in [0.3, 0.4) is 0 Å². The van der Waals surface area contributed by atoms with Crippen LogP contribution < -0.4 is 0 Å². The zero-order chi connectivity index (χ0) is 3.41. The van der Waals surface area contributed by atoms with E-state index in [9.17, 15) is 0 Å². The minimum absolute atomic E-state index is 0. The van der Waals surface area contributed by atoms with Gasteiger partial charge in [-0.1, -0.05) is 26.7 Å². The summed E-state index contributed by atoms with van der Waals surface area (Å²) in [4.78, 5) is 0. The molecule has 3 heteroatoms. The predicted octanol–water partition coefficient (Wildman–Crippen LogP) is 1.45. The van der Waals surface area contributed by atoms with E-state index in [-0.39, 0.29) is 27.4 Å². The van der Waals surface area contributed by atoms with Crippen LogP contribution in [0.15, 0.2) is 0 Å². The van der Waals surface area contributed by atoms with Crippen molar-refractivity contribution in [2.75, 3.05) is 0 Å². The number of rotatable bonds is 1. The van der Waals surface area contributed by atoms with E-state index in [0.29, 0.717) is 0 Å². The first-order valence-electron chi connectivity index (χ1n) is 1.91. The topological polar surface area (TPSA) is 60.0 Å². The molecule has 0 aromatic carbocycles. The third-order valence-electron chi connectivity index (χ3n) is 0.500. The van der Waals surface area contributed by atoms with E-state index in [1.165, 1.54) is 12.8 Å². The Morgan fingerprint density at radius 1 is 0.857 bits per heavy atom. The number of unbranched alkanes of at least 4 members (excludes halogenated alkanes) is 1. The fourth-order valence-electron chi connectivity index (χ4n) is 0. The molecule has 2 N–H and O–H groups in total. The van der Waals surface area contributed by atoms with Gasteiger partial charge in [-0.3, -0.25) is 0 Å². The van der Waals surface area contributed by atoms with E-state index < -0.39 is 0 Å². The number of hydrogen-bond donors (Lipinski definition) is 0. The molecule has 0 rings (SSSR count). The normalized spacial score (nSPS) is 4.29. The zero-order valence-corrected chi connectivity index (χ0v) is 5.61. The molecule has 0 spiro atoms. The standard InChI is InChI=1S/C4H10.Ni.2H2O/c1-3-4-2;;;/h3-4H2,1-2H3;;2*1H2/q;+2;;/p-2. The molecule has 0 aliphatic heterocycles. The van der Waals surface area contributed by atoms with Crippen molar-refractivity contribution in [2.45, 2.75) is 26.7 Å². The van der Waals surface area contributed by atoms with Gasteiger partial charge in [0.25, 0.3) is 0 Å². The molecule has 2 nitrogen and oxygen atoms in total. The van der Waals surface area contributed by atoms with E-state index in [1.54, 1.807) is 0 Å². The molecule has 0 aliphatic rings. The van der Waals surface area contributed by atoms with Crippen LogP contribution in [0.4, 0.5) is 0 Å². The minimum atomic E-state index is 0. The van der Waals surface area contributed by atoms with Crippen molar-refractivity contribution in [2.24, 2.45) is 0 Å². The molecule has 0 aromatic heterocycles. The van der Waals surface area contributed by atoms with Crippen LogP contribution in [0, 0.1) is 0 Å². The van der Waals surface area contributed by atoms with Crippen LogP contribution in [0.2, 0.25) is 0 Å². The Hall–Kier alpha value is 0.414. The second-order valence-electron chi connectivity index (χ2n) is 1.000. The summed E-state index contributed by atoms with van der Waals surface area (Å²) in [5.74, 6) is 0. The first-order chi connectivity index (χ1) is 1.91. The second kappa shape index (κ2) is 32.3.